The lowest BCUT2D eigenvalue weighted by atomic mass is 9.95. The van der Waals surface area contributed by atoms with Crippen molar-refractivity contribution in [1.29, 1.82) is 0 Å². The highest BCUT2D eigenvalue weighted by Crippen LogP contribution is 2.42. The van der Waals surface area contributed by atoms with E-state index in [1.54, 1.807) is 12.1 Å². The summed E-state index contributed by atoms with van der Waals surface area (Å²) in [6, 6.07) is 7.90. The van der Waals surface area contributed by atoms with E-state index in [1.165, 1.54) is 37.7 Å². The Morgan fingerprint density at radius 3 is 2.52 bits per heavy atom. The van der Waals surface area contributed by atoms with Crippen LogP contribution < -0.4 is 10.5 Å². The quantitative estimate of drug-likeness (QED) is 0.736. The lowest BCUT2D eigenvalue weighted by Gasteiger charge is -2.14. The van der Waals surface area contributed by atoms with Gasteiger partial charge >= 0.3 is 6.18 Å². The fourth-order valence-electron chi connectivity index (χ4n) is 2.77. The fraction of sp³-hybridized carbons (Fsp3) is 0.167. The number of hydrogen-bond acceptors (Lipinski definition) is 5. The summed E-state index contributed by atoms with van der Waals surface area (Å²) in [7, 11) is 1.25. The minimum atomic E-state index is -4.63. The first-order chi connectivity index (χ1) is 12.8. The van der Waals surface area contributed by atoms with Crippen molar-refractivity contribution in [3.63, 3.8) is 0 Å². The monoisotopic (exact) mass is 377 g/mol. The van der Waals surface area contributed by atoms with E-state index < -0.39 is 23.6 Å². The van der Waals surface area contributed by atoms with Crippen LogP contribution in [0.25, 0.3) is 11.3 Å². The van der Waals surface area contributed by atoms with Crippen molar-refractivity contribution >= 4 is 5.91 Å². The van der Waals surface area contributed by atoms with Crippen LogP contribution in [0.15, 0.2) is 53.3 Å². The van der Waals surface area contributed by atoms with Gasteiger partial charge in [0.1, 0.15) is 17.4 Å². The Morgan fingerprint density at radius 1 is 1.22 bits per heavy atom. The predicted molar refractivity (Wildman–Crippen MR) is 88.8 cm³/mol. The van der Waals surface area contributed by atoms with Crippen LogP contribution in [-0.2, 0) is 11.0 Å². The normalized spacial score (nSPS) is 12.6. The van der Waals surface area contributed by atoms with Gasteiger partial charge < -0.3 is 15.0 Å². The summed E-state index contributed by atoms with van der Waals surface area (Å²) in [5.41, 5.74) is 4.61. The predicted octanol–water partition coefficient (Wildman–Crippen LogP) is 3.38. The first kappa shape index (κ1) is 18.4. The summed E-state index contributed by atoms with van der Waals surface area (Å²) < 4.78 is 50.5. The zero-order chi connectivity index (χ0) is 19.6. The maximum absolute atomic E-state index is 13.4. The van der Waals surface area contributed by atoms with Crippen LogP contribution in [0.4, 0.5) is 13.2 Å². The van der Waals surface area contributed by atoms with Gasteiger partial charge in [-0.25, -0.2) is 0 Å². The maximum Gasteiger partial charge on any atom is 0.417 e. The third-order valence-corrected chi connectivity index (χ3v) is 3.94. The van der Waals surface area contributed by atoms with Crippen molar-refractivity contribution < 1.29 is 27.2 Å². The molecule has 2 heterocycles. The number of alkyl halides is 3. The molecule has 1 amide bonds. The van der Waals surface area contributed by atoms with Crippen LogP contribution in [0.1, 0.15) is 22.8 Å². The van der Waals surface area contributed by atoms with Crippen molar-refractivity contribution in [3.8, 4) is 17.0 Å². The number of primary amides is 1. The van der Waals surface area contributed by atoms with Gasteiger partial charge in [0.15, 0.2) is 5.76 Å². The van der Waals surface area contributed by atoms with Gasteiger partial charge in [0, 0.05) is 18.5 Å². The van der Waals surface area contributed by atoms with Gasteiger partial charge in [0.05, 0.1) is 18.2 Å². The highest BCUT2D eigenvalue weighted by molar-refractivity contribution is 5.85. The van der Waals surface area contributed by atoms with E-state index >= 15 is 0 Å². The highest BCUT2D eigenvalue weighted by Gasteiger charge is 2.36. The number of nitrogens with two attached hydrogens (primary N) is 1. The molecule has 0 radical (unpaired) electrons. The number of nitrogens with zero attached hydrogens (tertiary/aromatic N) is 2. The molecule has 0 spiro atoms. The first-order valence-electron chi connectivity index (χ1n) is 7.73. The molecule has 2 N–H and O–H groups in total. The zero-order valence-electron chi connectivity index (χ0n) is 14.0. The molecule has 0 aliphatic rings. The van der Waals surface area contributed by atoms with E-state index in [2.05, 4.69) is 10.1 Å². The summed E-state index contributed by atoms with van der Waals surface area (Å²) in [6.45, 7) is 0. The van der Waals surface area contributed by atoms with Crippen molar-refractivity contribution in [2.75, 3.05) is 7.11 Å². The number of methoxy groups -OCH3 is 1. The standard InChI is InChI=1S/C18H14F3N3O3/c1-26-13-4-2-3-11(18(19,20)21)16(13)12-9-14(27-24-12)15(17(22)25)10-5-7-23-8-6-10/h2-9,15H,1H3,(H2,22,25). The van der Waals surface area contributed by atoms with E-state index in [0.29, 0.717) is 5.56 Å². The van der Waals surface area contributed by atoms with E-state index in [-0.39, 0.29) is 22.8 Å². The molecular weight excluding hydrogens is 363 g/mol. The number of rotatable bonds is 5. The summed E-state index contributed by atoms with van der Waals surface area (Å²) in [5, 5.41) is 3.72. The number of pyridine rings is 1. The fourth-order valence-corrected chi connectivity index (χ4v) is 2.77. The Morgan fingerprint density at radius 2 is 1.93 bits per heavy atom. The van der Waals surface area contributed by atoms with Gasteiger partial charge in [-0.2, -0.15) is 13.2 Å². The molecule has 27 heavy (non-hydrogen) atoms. The molecule has 1 aromatic carbocycles. The summed E-state index contributed by atoms with van der Waals surface area (Å²) in [6.07, 6.45) is -1.70. The molecule has 0 saturated carbocycles. The van der Waals surface area contributed by atoms with E-state index in [4.69, 9.17) is 15.0 Å². The number of benzene rings is 1. The van der Waals surface area contributed by atoms with E-state index in [9.17, 15) is 18.0 Å². The molecule has 3 aromatic rings. The first-order valence-corrected chi connectivity index (χ1v) is 7.73. The number of halogens is 3. The van der Waals surface area contributed by atoms with Crippen LogP contribution in [-0.4, -0.2) is 23.2 Å². The molecule has 1 unspecified atom stereocenters. The minimum Gasteiger partial charge on any atom is -0.496 e. The molecular formula is C18H14F3N3O3. The molecule has 0 fully saturated rings. The summed E-state index contributed by atoms with van der Waals surface area (Å²) >= 11 is 0. The number of ether oxygens (including phenoxy) is 1. The van der Waals surface area contributed by atoms with Crippen molar-refractivity contribution in [2.24, 2.45) is 5.73 Å². The average Bonchev–Trinajstić information content (AvgIpc) is 3.10. The smallest absolute Gasteiger partial charge is 0.417 e. The van der Waals surface area contributed by atoms with Gasteiger partial charge in [-0.15, -0.1) is 0 Å². The highest BCUT2D eigenvalue weighted by atomic mass is 19.4. The lowest BCUT2D eigenvalue weighted by molar-refractivity contribution is -0.137. The van der Waals surface area contributed by atoms with Crippen molar-refractivity contribution in [3.05, 3.63) is 65.7 Å². The number of carbonyl (C=O) groups excluding carboxylic acids is 1. The van der Waals surface area contributed by atoms with Gasteiger partial charge in [-0.1, -0.05) is 11.2 Å². The lowest BCUT2D eigenvalue weighted by Crippen LogP contribution is -2.22. The average molecular weight is 377 g/mol. The second-order valence-electron chi connectivity index (χ2n) is 5.61. The zero-order valence-corrected chi connectivity index (χ0v) is 14.0. The van der Waals surface area contributed by atoms with E-state index in [0.717, 1.165) is 6.07 Å². The number of aromatic nitrogens is 2. The van der Waals surface area contributed by atoms with Crippen LogP contribution in [0.3, 0.4) is 0 Å². The minimum absolute atomic E-state index is 0.0164. The molecule has 0 bridgehead atoms. The number of hydrogen-bond donors (Lipinski definition) is 1. The SMILES string of the molecule is COc1cccc(C(F)(F)F)c1-c1cc(C(C(N)=O)c2ccncc2)on1. The Balaban J connectivity index is 2.13. The van der Waals surface area contributed by atoms with Crippen molar-refractivity contribution in [1.82, 2.24) is 10.1 Å². The van der Waals surface area contributed by atoms with Crippen LogP contribution in [0.5, 0.6) is 5.75 Å². The molecule has 1 atom stereocenters. The van der Waals surface area contributed by atoms with Gasteiger partial charge in [-0.3, -0.25) is 9.78 Å². The van der Waals surface area contributed by atoms with Gasteiger partial charge in [0.25, 0.3) is 0 Å². The second-order valence-corrected chi connectivity index (χ2v) is 5.61. The Hall–Kier alpha value is -3.36. The van der Waals surface area contributed by atoms with Crippen LogP contribution in [0.2, 0.25) is 0 Å². The summed E-state index contributed by atoms with van der Waals surface area (Å²) in [5.74, 6) is -1.76. The molecule has 0 saturated heterocycles. The molecule has 9 heteroatoms. The Bertz CT molecular complexity index is 955. The van der Waals surface area contributed by atoms with Crippen molar-refractivity contribution in [2.45, 2.75) is 12.1 Å². The molecule has 6 nitrogen and oxygen atoms in total. The molecule has 140 valence electrons. The topological polar surface area (TPSA) is 91.2 Å². The number of amides is 1. The van der Waals surface area contributed by atoms with Gasteiger partial charge in [-0.05, 0) is 29.8 Å². The molecule has 3 rings (SSSR count). The van der Waals surface area contributed by atoms with Gasteiger partial charge in [0.2, 0.25) is 5.91 Å². The molecule has 0 aliphatic heterocycles. The molecule has 0 aliphatic carbocycles. The third kappa shape index (κ3) is 3.62. The third-order valence-electron chi connectivity index (χ3n) is 3.94. The van der Waals surface area contributed by atoms with Crippen LogP contribution >= 0.6 is 0 Å². The largest absolute Gasteiger partial charge is 0.496 e. The second kappa shape index (κ2) is 7.10. The Labute approximate surface area is 151 Å². The number of carbonyl (C=O) groups is 1. The molecule has 2 aromatic heterocycles. The maximum atomic E-state index is 13.4. The Kier molecular flexibility index (Phi) is 4.85. The summed E-state index contributed by atoms with van der Waals surface area (Å²) in [4.78, 5) is 15.8. The van der Waals surface area contributed by atoms with E-state index in [1.807, 2.05) is 0 Å². The van der Waals surface area contributed by atoms with Crippen LogP contribution in [0, 0.1) is 0 Å².